The monoisotopic (exact) mass is 230 g/mol. The molecule has 2 N–H and O–H groups in total. The van der Waals surface area contributed by atoms with Crippen molar-refractivity contribution < 1.29 is 5.48 Å². The lowest BCUT2D eigenvalue weighted by atomic mass is 10.2. The number of aryl methyl sites for hydroxylation is 4. The minimum atomic E-state index is 0. The third kappa shape index (κ3) is 6.54. The Bertz CT molecular complexity index is 369. The highest BCUT2D eigenvalue weighted by atomic mass is 16.0. The molecule has 17 heavy (non-hydrogen) atoms. The molecule has 0 amide bonds. The molecule has 0 aliphatic carbocycles. The van der Waals surface area contributed by atoms with E-state index in [0.29, 0.717) is 0 Å². The van der Waals surface area contributed by atoms with Gasteiger partial charge in [-0.15, -0.1) is 0 Å². The van der Waals surface area contributed by atoms with Crippen LogP contribution in [0.5, 0.6) is 0 Å². The van der Waals surface area contributed by atoms with Crippen LogP contribution >= 0.6 is 0 Å². The molecule has 2 rings (SSSR count). The maximum absolute atomic E-state index is 2.17. The van der Waals surface area contributed by atoms with Gasteiger partial charge in [0.2, 0.25) is 0 Å². The second-order valence-corrected chi connectivity index (χ2v) is 4.32. The first-order chi connectivity index (χ1) is 7.58. The topological polar surface area (TPSA) is 31.5 Å². The van der Waals surface area contributed by atoms with Gasteiger partial charge in [0, 0.05) is 0 Å². The minimum absolute atomic E-state index is 0. The summed E-state index contributed by atoms with van der Waals surface area (Å²) < 4.78 is 0. The second kappa shape index (κ2) is 7.64. The van der Waals surface area contributed by atoms with E-state index >= 15 is 0 Å². The van der Waals surface area contributed by atoms with Gasteiger partial charge in [0.15, 0.2) is 0 Å². The number of hydrogen-bond donors (Lipinski definition) is 0. The molecule has 1 nitrogen and oxygen atoms in total. The summed E-state index contributed by atoms with van der Waals surface area (Å²) in [5, 5.41) is 0. The quantitative estimate of drug-likeness (QED) is 0.659. The first-order valence-electron chi connectivity index (χ1n) is 5.64. The Balaban J connectivity index is 0.000000284. The standard InChI is InChI=1S/2C8H10.H2O/c2*1-7-4-3-5-8(2)6-7;/h2*3-6H,1-2H3;1H2. The fourth-order valence-electron chi connectivity index (χ4n) is 1.61. The molecule has 0 heterocycles. The van der Waals surface area contributed by atoms with Crippen molar-refractivity contribution in [3.63, 3.8) is 0 Å². The van der Waals surface area contributed by atoms with Gasteiger partial charge in [0.1, 0.15) is 0 Å². The highest BCUT2D eigenvalue weighted by Crippen LogP contribution is 2.00. The van der Waals surface area contributed by atoms with Crippen LogP contribution in [0.3, 0.4) is 0 Å². The number of hydrogen-bond acceptors (Lipinski definition) is 0. The molecule has 0 aliphatic rings. The molecule has 2 aromatic carbocycles. The molecule has 2 aromatic rings. The van der Waals surface area contributed by atoms with Crippen LogP contribution in [0.2, 0.25) is 0 Å². The van der Waals surface area contributed by atoms with Gasteiger partial charge in [0.25, 0.3) is 0 Å². The van der Waals surface area contributed by atoms with E-state index in [-0.39, 0.29) is 5.48 Å². The van der Waals surface area contributed by atoms with Crippen LogP contribution in [-0.4, -0.2) is 5.48 Å². The molecule has 0 fully saturated rings. The maximum atomic E-state index is 2.17. The van der Waals surface area contributed by atoms with Gasteiger partial charge in [-0.25, -0.2) is 0 Å². The first-order valence-corrected chi connectivity index (χ1v) is 5.64. The molecule has 1 heteroatoms. The Morgan fingerprint density at radius 1 is 0.529 bits per heavy atom. The van der Waals surface area contributed by atoms with E-state index < -0.39 is 0 Å². The lowest BCUT2D eigenvalue weighted by molar-refractivity contribution is 0.824. The molecule has 0 radical (unpaired) electrons. The van der Waals surface area contributed by atoms with Crippen molar-refractivity contribution in [3.05, 3.63) is 70.8 Å². The van der Waals surface area contributed by atoms with Crippen molar-refractivity contribution in [2.45, 2.75) is 27.7 Å². The number of rotatable bonds is 0. The minimum Gasteiger partial charge on any atom is -0.412 e. The second-order valence-electron chi connectivity index (χ2n) is 4.32. The SMILES string of the molecule is Cc1cccc(C)c1.Cc1cccc(C)c1.O. The van der Waals surface area contributed by atoms with Crippen molar-refractivity contribution in [1.82, 2.24) is 0 Å². The Hall–Kier alpha value is -1.60. The Morgan fingerprint density at radius 2 is 0.765 bits per heavy atom. The van der Waals surface area contributed by atoms with E-state index in [4.69, 9.17) is 0 Å². The lowest BCUT2D eigenvalue weighted by Crippen LogP contribution is -1.71. The van der Waals surface area contributed by atoms with Gasteiger partial charge < -0.3 is 5.48 Å². The van der Waals surface area contributed by atoms with E-state index in [1.54, 1.807) is 0 Å². The average Bonchev–Trinajstić information content (AvgIpc) is 2.17. The Morgan fingerprint density at radius 3 is 0.882 bits per heavy atom. The van der Waals surface area contributed by atoms with E-state index in [1.165, 1.54) is 22.3 Å². The predicted octanol–water partition coefficient (Wildman–Crippen LogP) is 3.78. The summed E-state index contributed by atoms with van der Waals surface area (Å²) in [7, 11) is 0. The van der Waals surface area contributed by atoms with Gasteiger partial charge in [-0.05, 0) is 27.7 Å². The van der Waals surface area contributed by atoms with Crippen LogP contribution in [0.15, 0.2) is 48.5 Å². The zero-order chi connectivity index (χ0) is 12.0. The molecule has 0 unspecified atom stereocenters. The number of benzene rings is 2. The van der Waals surface area contributed by atoms with Gasteiger partial charge in [-0.3, -0.25) is 0 Å². The zero-order valence-corrected chi connectivity index (χ0v) is 11.1. The Kier molecular flexibility index (Phi) is 6.92. The summed E-state index contributed by atoms with van der Waals surface area (Å²) in [6, 6.07) is 16.9. The third-order valence-electron chi connectivity index (χ3n) is 2.35. The van der Waals surface area contributed by atoms with Crippen molar-refractivity contribution in [3.8, 4) is 0 Å². The molecular weight excluding hydrogens is 208 g/mol. The normalized spacial score (nSPS) is 8.71. The summed E-state index contributed by atoms with van der Waals surface area (Å²) in [5.74, 6) is 0. The summed E-state index contributed by atoms with van der Waals surface area (Å²) in [6.45, 7) is 8.42. The largest absolute Gasteiger partial charge is 0.412 e. The molecule has 0 aliphatic heterocycles. The lowest BCUT2D eigenvalue weighted by Gasteiger charge is -1.90. The Labute approximate surface area is 104 Å². The van der Waals surface area contributed by atoms with Crippen LogP contribution in [0, 0.1) is 27.7 Å². The molecule has 0 atom stereocenters. The predicted molar refractivity (Wildman–Crippen MR) is 75.4 cm³/mol. The van der Waals surface area contributed by atoms with Crippen molar-refractivity contribution in [1.29, 1.82) is 0 Å². The summed E-state index contributed by atoms with van der Waals surface area (Å²) in [5.41, 5.74) is 5.35. The van der Waals surface area contributed by atoms with Crippen LogP contribution in [0.25, 0.3) is 0 Å². The molecule has 0 saturated heterocycles. The van der Waals surface area contributed by atoms with Crippen LogP contribution in [-0.2, 0) is 0 Å². The summed E-state index contributed by atoms with van der Waals surface area (Å²) in [6.07, 6.45) is 0. The van der Waals surface area contributed by atoms with Crippen LogP contribution in [0.1, 0.15) is 22.3 Å². The maximum Gasteiger partial charge on any atom is -0.0398 e. The summed E-state index contributed by atoms with van der Waals surface area (Å²) >= 11 is 0. The van der Waals surface area contributed by atoms with E-state index in [2.05, 4.69) is 76.2 Å². The molecule has 0 aromatic heterocycles. The van der Waals surface area contributed by atoms with Gasteiger partial charge in [-0.2, -0.15) is 0 Å². The van der Waals surface area contributed by atoms with Gasteiger partial charge >= 0.3 is 0 Å². The highest BCUT2D eigenvalue weighted by Gasteiger charge is 1.81. The molecule has 0 bridgehead atoms. The van der Waals surface area contributed by atoms with E-state index in [9.17, 15) is 0 Å². The van der Waals surface area contributed by atoms with Gasteiger partial charge in [-0.1, -0.05) is 70.8 Å². The zero-order valence-electron chi connectivity index (χ0n) is 11.1. The van der Waals surface area contributed by atoms with Crippen molar-refractivity contribution >= 4 is 0 Å². The van der Waals surface area contributed by atoms with Gasteiger partial charge in [0.05, 0.1) is 0 Å². The third-order valence-corrected chi connectivity index (χ3v) is 2.35. The van der Waals surface area contributed by atoms with Crippen molar-refractivity contribution in [2.24, 2.45) is 0 Å². The highest BCUT2D eigenvalue weighted by molar-refractivity contribution is 5.20. The summed E-state index contributed by atoms with van der Waals surface area (Å²) in [4.78, 5) is 0. The van der Waals surface area contributed by atoms with Crippen LogP contribution < -0.4 is 0 Å². The fraction of sp³-hybridized carbons (Fsp3) is 0.250. The smallest absolute Gasteiger partial charge is 0.0398 e. The molecule has 0 saturated carbocycles. The fourth-order valence-corrected chi connectivity index (χ4v) is 1.61. The molecular formula is C16H22O. The molecule has 92 valence electrons. The van der Waals surface area contributed by atoms with Crippen LogP contribution in [0.4, 0.5) is 0 Å². The van der Waals surface area contributed by atoms with E-state index in [0.717, 1.165) is 0 Å². The first kappa shape index (κ1) is 15.4. The average molecular weight is 230 g/mol. The van der Waals surface area contributed by atoms with E-state index in [1.807, 2.05) is 0 Å². The van der Waals surface area contributed by atoms with Crippen molar-refractivity contribution in [2.75, 3.05) is 0 Å². The molecule has 0 spiro atoms.